The van der Waals surface area contributed by atoms with Crippen molar-refractivity contribution in [2.75, 3.05) is 6.54 Å². The van der Waals surface area contributed by atoms with Crippen molar-refractivity contribution in [3.8, 4) is 0 Å². The maximum Gasteiger partial charge on any atom is 0.220 e. The molecule has 1 aliphatic rings. The minimum atomic E-state index is -0.263. The zero-order valence-electron chi connectivity index (χ0n) is 11.2. The predicted molar refractivity (Wildman–Crippen MR) is 73.4 cm³/mol. The third kappa shape index (κ3) is 3.33. The van der Waals surface area contributed by atoms with E-state index in [0.717, 1.165) is 19.4 Å². The molecule has 98 valence electrons. The number of nitrogens with two attached hydrogens (primary N) is 1. The number of amides is 1. The van der Waals surface area contributed by atoms with Gasteiger partial charge in [-0.1, -0.05) is 24.3 Å². The molecule has 0 aliphatic heterocycles. The Morgan fingerprint density at radius 2 is 2.17 bits per heavy atom. The first-order valence-electron chi connectivity index (χ1n) is 6.59. The number of rotatable bonds is 5. The Morgan fingerprint density at radius 3 is 2.83 bits per heavy atom. The maximum atomic E-state index is 11.7. The van der Waals surface area contributed by atoms with Gasteiger partial charge in [0.1, 0.15) is 0 Å². The molecule has 1 aromatic carbocycles. The molecule has 0 saturated carbocycles. The van der Waals surface area contributed by atoms with Crippen LogP contribution in [0.15, 0.2) is 24.3 Å². The van der Waals surface area contributed by atoms with Crippen molar-refractivity contribution in [2.45, 2.75) is 44.6 Å². The highest BCUT2D eigenvalue weighted by Gasteiger charge is 2.25. The minimum Gasteiger partial charge on any atom is -0.355 e. The van der Waals surface area contributed by atoms with Crippen LogP contribution in [0.25, 0.3) is 0 Å². The monoisotopic (exact) mass is 246 g/mol. The van der Waals surface area contributed by atoms with Gasteiger partial charge in [0.05, 0.1) is 0 Å². The van der Waals surface area contributed by atoms with E-state index in [1.807, 2.05) is 13.8 Å². The largest absolute Gasteiger partial charge is 0.355 e. The third-order valence-corrected chi connectivity index (χ3v) is 3.50. The Hall–Kier alpha value is -1.35. The van der Waals surface area contributed by atoms with Crippen LogP contribution >= 0.6 is 0 Å². The van der Waals surface area contributed by atoms with E-state index < -0.39 is 0 Å². The number of hydrogen-bond donors (Lipinski definition) is 2. The first-order chi connectivity index (χ1) is 8.46. The van der Waals surface area contributed by atoms with Crippen molar-refractivity contribution in [3.63, 3.8) is 0 Å². The van der Waals surface area contributed by atoms with Gasteiger partial charge in [-0.3, -0.25) is 4.79 Å². The average Bonchev–Trinajstić information content (AvgIpc) is 2.27. The maximum absolute atomic E-state index is 11.7. The Morgan fingerprint density at radius 1 is 1.44 bits per heavy atom. The molecule has 0 heterocycles. The topological polar surface area (TPSA) is 55.1 Å². The highest BCUT2D eigenvalue weighted by atomic mass is 16.1. The molecule has 1 aliphatic carbocycles. The van der Waals surface area contributed by atoms with E-state index in [0.29, 0.717) is 12.3 Å². The summed E-state index contributed by atoms with van der Waals surface area (Å²) in [5.41, 5.74) is 8.40. The normalized spacial score (nSPS) is 17.8. The molecule has 3 nitrogen and oxygen atoms in total. The van der Waals surface area contributed by atoms with Gasteiger partial charge in [0.15, 0.2) is 0 Å². The highest BCUT2D eigenvalue weighted by molar-refractivity contribution is 5.76. The van der Waals surface area contributed by atoms with E-state index in [9.17, 15) is 4.79 Å². The molecule has 0 aromatic heterocycles. The molecule has 0 radical (unpaired) electrons. The molecule has 18 heavy (non-hydrogen) atoms. The number of fused-ring (bicyclic) bond motifs is 1. The van der Waals surface area contributed by atoms with Gasteiger partial charge < -0.3 is 11.1 Å². The summed E-state index contributed by atoms with van der Waals surface area (Å²) in [7, 11) is 0. The van der Waals surface area contributed by atoms with Gasteiger partial charge in [0.25, 0.3) is 0 Å². The lowest BCUT2D eigenvalue weighted by atomic mass is 9.77. The molecule has 0 spiro atoms. The summed E-state index contributed by atoms with van der Waals surface area (Å²) >= 11 is 0. The summed E-state index contributed by atoms with van der Waals surface area (Å²) in [5, 5.41) is 3.00. The van der Waals surface area contributed by atoms with E-state index in [-0.39, 0.29) is 11.4 Å². The fraction of sp³-hybridized carbons (Fsp3) is 0.533. The van der Waals surface area contributed by atoms with E-state index in [4.69, 9.17) is 5.73 Å². The number of carbonyl (C=O) groups excluding carboxylic acids is 1. The fourth-order valence-corrected chi connectivity index (χ4v) is 2.31. The van der Waals surface area contributed by atoms with E-state index >= 15 is 0 Å². The van der Waals surface area contributed by atoms with Gasteiger partial charge in [-0.25, -0.2) is 0 Å². The zero-order chi connectivity index (χ0) is 13.2. The predicted octanol–water partition coefficient (Wildman–Crippen LogP) is 1.96. The molecule has 2 rings (SSSR count). The molecular weight excluding hydrogens is 224 g/mol. The first-order valence-corrected chi connectivity index (χ1v) is 6.59. The molecule has 1 atom stereocenters. The molecule has 0 bridgehead atoms. The van der Waals surface area contributed by atoms with Crippen LogP contribution in [0.5, 0.6) is 0 Å². The van der Waals surface area contributed by atoms with Crippen LogP contribution in [0.1, 0.15) is 43.7 Å². The molecule has 3 heteroatoms. The van der Waals surface area contributed by atoms with E-state index in [2.05, 4.69) is 29.6 Å². The minimum absolute atomic E-state index is 0.109. The van der Waals surface area contributed by atoms with Gasteiger partial charge in [0, 0.05) is 24.4 Å². The second-order valence-corrected chi connectivity index (χ2v) is 5.89. The summed E-state index contributed by atoms with van der Waals surface area (Å²) < 4.78 is 0. The molecule has 3 N–H and O–H groups in total. The smallest absolute Gasteiger partial charge is 0.220 e. The highest BCUT2D eigenvalue weighted by Crippen LogP contribution is 2.33. The molecule has 1 amide bonds. The summed E-state index contributed by atoms with van der Waals surface area (Å²) in [6.45, 7) is 4.64. The van der Waals surface area contributed by atoms with Gasteiger partial charge >= 0.3 is 0 Å². The van der Waals surface area contributed by atoms with Crippen LogP contribution < -0.4 is 11.1 Å². The van der Waals surface area contributed by atoms with Gasteiger partial charge in [-0.05, 0) is 37.8 Å². The van der Waals surface area contributed by atoms with E-state index in [1.165, 1.54) is 11.1 Å². The lowest BCUT2D eigenvalue weighted by Crippen LogP contribution is -2.36. The number of hydrogen-bond acceptors (Lipinski definition) is 2. The third-order valence-electron chi connectivity index (χ3n) is 3.50. The van der Waals surface area contributed by atoms with Gasteiger partial charge in [-0.2, -0.15) is 0 Å². The van der Waals surface area contributed by atoms with Crippen LogP contribution in [-0.2, 0) is 11.2 Å². The fourth-order valence-electron chi connectivity index (χ4n) is 2.31. The van der Waals surface area contributed by atoms with Gasteiger partial charge in [-0.15, -0.1) is 0 Å². The van der Waals surface area contributed by atoms with Crippen molar-refractivity contribution in [1.29, 1.82) is 0 Å². The summed E-state index contributed by atoms with van der Waals surface area (Å²) in [4.78, 5) is 11.7. The zero-order valence-corrected chi connectivity index (χ0v) is 11.2. The number of benzene rings is 1. The average molecular weight is 246 g/mol. The van der Waals surface area contributed by atoms with Crippen LogP contribution in [0, 0.1) is 0 Å². The molecule has 1 aromatic rings. The second kappa shape index (κ2) is 5.11. The van der Waals surface area contributed by atoms with Crippen molar-refractivity contribution in [2.24, 2.45) is 5.73 Å². The quantitative estimate of drug-likeness (QED) is 0.834. The van der Waals surface area contributed by atoms with Crippen molar-refractivity contribution in [1.82, 2.24) is 5.32 Å². The van der Waals surface area contributed by atoms with Crippen LogP contribution in [0.4, 0.5) is 0 Å². The van der Waals surface area contributed by atoms with Crippen LogP contribution in [0.3, 0.4) is 0 Å². The summed E-state index contributed by atoms with van der Waals surface area (Å²) in [6.07, 6.45) is 2.32. The Labute approximate surface area is 109 Å². The number of carbonyl (C=O) groups is 1. The summed E-state index contributed by atoms with van der Waals surface area (Å²) in [5.74, 6) is 0.606. The number of nitrogens with one attached hydrogen (secondary N) is 1. The molecular formula is C15H22N2O. The first kappa shape index (κ1) is 13.1. The van der Waals surface area contributed by atoms with Crippen molar-refractivity contribution in [3.05, 3.63) is 35.4 Å². The van der Waals surface area contributed by atoms with Crippen LogP contribution in [0.2, 0.25) is 0 Å². The second-order valence-electron chi connectivity index (χ2n) is 5.89. The lowest BCUT2D eigenvalue weighted by molar-refractivity contribution is -0.121. The van der Waals surface area contributed by atoms with Crippen molar-refractivity contribution >= 4 is 5.91 Å². The SMILES string of the molecule is CC(C)(N)CCC(=O)NCC1Cc2ccccc21. The van der Waals surface area contributed by atoms with E-state index in [1.54, 1.807) is 0 Å². The van der Waals surface area contributed by atoms with Gasteiger partial charge in [0.2, 0.25) is 5.91 Å². The molecule has 1 unspecified atom stereocenters. The Bertz CT molecular complexity index is 434. The summed E-state index contributed by atoms with van der Waals surface area (Å²) in [6, 6.07) is 8.43. The Kier molecular flexibility index (Phi) is 3.71. The lowest BCUT2D eigenvalue weighted by Gasteiger charge is -2.30. The standard InChI is InChI=1S/C15H22N2O/c1-15(2,16)8-7-14(18)17-10-12-9-11-5-3-4-6-13(11)12/h3-6,12H,7-10,16H2,1-2H3,(H,17,18). The molecule has 0 fully saturated rings. The Balaban J connectivity index is 1.72. The van der Waals surface area contributed by atoms with Crippen molar-refractivity contribution < 1.29 is 4.79 Å². The van der Waals surface area contributed by atoms with Crippen LogP contribution in [-0.4, -0.2) is 18.0 Å². The molecule has 0 saturated heterocycles.